The molecule has 1 aliphatic heterocycles. The van der Waals surface area contributed by atoms with Crippen molar-refractivity contribution in [2.24, 2.45) is 0 Å². The van der Waals surface area contributed by atoms with Gasteiger partial charge in [0.2, 0.25) is 0 Å². The molecule has 0 saturated carbocycles. The van der Waals surface area contributed by atoms with Gasteiger partial charge in [-0.05, 0) is 38.6 Å². The van der Waals surface area contributed by atoms with Crippen LogP contribution in [0.4, 0.5) is 0 Å². The van der Waals surface area contributed by atoms with Gasteiger partial charge in [-0.3, -0.25) is 9.88 Å². The van der Waals surface area contributed by atoms with E-state index in [2.05, 4.69) is 36.0 Å². The smallest absolute Gasteiger partial charge is 0.161 e. The zero-order valence-corrected chi connectivity index (χ0v) is 14.8. The monoisotopic (exact) mass is 328 g/mol. The van der Waals surface area contributed by atoms with Crippen LogP contribution in [0.3, 0.4) is 0 Å². The van der Waals surface area contributed by atoms with Crippen LogP contribution in [0.2, 0.25) is 0 Å². The summed E-state index contributed by atoms with van der Waals surface area (Å²) >= 11 is 0. The van der Waals surface area contributed by atoms with Gasteiger partial charge in [-0.15, -0.1) is 0 Å². The van der Waals surface area contributed by atoms with Crippen molar-refractivity contribution >= 4 is 0 Å². The number of fused-ring (bicyclic) bond motifs is 1. The third kappa shape index (κ3) is 3.46. The van der Waals surface area contributed by atoms with Crippen molar-refractivity contribution in [3.8, 4) is 17.2 Å². The predicted molar refractivity (Wildman–Crippen MR) is 92.9 cm³/mol. The molecule has 1 aromatic heterocycles. The SMILES string of the molecule is COc1c(C)cnc(CN(C)Cc2ccc3c(c2)OCCO3)c1C. The summed E-state index contributed by atoms with van der Waals surface area (Å²) in [4.78, 5) is 6.80. The van der Waals surface area contributed by atoms with Gasteiger partial charge >= 0.3 is 0 Å². The average molecular weight is 328 g/mol. The van der Waals surface area contributed by atoms with Crippen LogP contribution in [-0.2, 0) is 13.1 Å². The number of hydrogen-bond donors (Lipinski definition) is 0. The van der Waals surface area contributed by atoms with Crippen LogP contribution in [-0.4, -0.2) is 37.3 Å². The number of benzene rings is 1. The fraction of sp³-hybridized carbons (Fsp3) is 0.421. The van der Waals surface area contributed by atoms with Crippen molar-refractivity contribution in [2.45, 2.75) is 26.9 Å². The largest absolute Gasteiger partial charge is 0.496 e. The second kappa shape index (κ2) is 7.09. The molecule has 128 valence electrons. The maximum Gasteiger partial charge on any atom is 0.161 e. The molecule has 0 unspecified atom stereocenters. The molecule has 5 heteroatoms. The number of nitrogens with zero attached hydrogens (tertiary/aromatic N) is 2. The van der Waals surface area contributed by atoms with Gasteiger partial charge in [-0.25, -0.2) is 0 Å². The first kappa shape index (κ1) is 16.6. The molecule has 3 rings (SSSR count). The number of methoxy groups -OCH3 is 1. The highest BCUT2D eigenvalue weighted by Crippen LogP contribution is 2.31. The summed E-state index contributed by atoms with van der Waals surface area (Å²) in [6.45, 7) is 6.88. The fourth-order valence-corrected chi connectivity index (χ4v) is 3.04. The Morgan fingerprint density at radius 2 is 1.88 bits per heavy atom. The number of pyridine rings is 1. The van der Waals surface area contributed by atoms with Crippen LogP contribution in [0.15, 0.2) is 24.4 Å². The molecule has 0 atom stereocenters. The van der Waals surface area contributed by atoms with E-state index >= 15 is 0 Å². The summed E-state index contributed by atoms with van der Waals surface area (Å²) in [5.41, 5.74) is 4.40. The molecular weight excluding hydrogens is 304 g/mol. The standard InChI is InChI=1S/C19H24N2O3/c1-13-10-20-16(14(2)19(13)22-4)12-21(3)11-15-5-6-17-18(9-15)24-8-7-23-17/h5-6,9-10H,7-8,11-12H2,1-4H3. The number of aromatic nitrogens is 1. The van der Waals surface area contributed by atoms with Gasteiger partial charge in [0.25, 0.3) is 0 Å². The van der Waals surface area contributed by atoms with Gasteiger partial charge in [0.05, 0.1) is 12.8 Å². The number of rotatable bonds is 5. The summed E-state index contributed by atoms with van der Waals surface area (Å²) in [5.74, 6) is 2.58. The molecule has 0 N–H and O–H groups in total. The van der Waals surface area contributed by atoms with Crippen molar-refractivity contribution in [2.75, 3.05) is 27.4 Å². The van der Waals surface area contributed by atoms with Gasteiger partial charge in [0.1, 0.15) is 19.0 Å². The maximum absolute atomic E-state index is 5.65. The molecule has 0 fully saturated rings. The van der Waals surface area contributed by atoms with E-state index in [1.807, 2.05) is 19.2 Å². The molecule has 0 spiro atoms. The van der Waals surface area contributed by atoms with Gasteiger partial charge in [-0.2, -0.15) is 0 Å². The lowest BCUT2D eigenvalue weighted by atomic mass is 10.1. The lowest BCUT2D eigenvalue weighted by Gasteiger charge is -2.21. The average Bonchev–Trinajstić information content (AvgIpc) is 2.58. The number of ether oxygens (including phenoxy) is 3. The van der Waals surface area contributed by atoms with E-state index in [1.54, 1.807) is 7.11 Å². The molecule has 0 radical (unpaired) electrons. The second-order valence-corrected chi connectivity index (χ2v) is 6.20. The van der Waals surface area contributed by atoms with Crippen LogP contribution in [0.5, 0.6) is 17.2 Å². The summed E-state index contributed by atoms with van der Waals surface area (Å²) < 4.78 is 16.7. The summed E-state index contributed by atoms with van der Waals surface area (Å²) in [6.07, 6.45) is 1.87. The van der Waals surface area contributed by atoms with Crippen LogP contribution in [0.25, 0.3) is 0 Å². The van der Waals surface area contributed by atoms with Crippen molar-refractivity contribution in [3.63, 3.8) is 0 Å². The minimum atomic E-state index is 0.610. The van der Waals surface area contributed by atoms with Crippen LogP contribution < -0.4 is 14.2 Å². The third-order valence-electron chi connectivity index (χ3n) is 4.23. The van der Waals surface area contributed by atoms with E-state index < -0.39 is 0 Å². The molecule has 24 heavy (non-hydrogen) atoms. The highest BCUT2D eigenvalue weighted by Gasteiger charge is 2.14. The zero-order valence-electron chi connectivity index (χ0n) is 14.8. The molecule has 2 aromatic rings. The normalized spacial score (nSPS) is 13.2. The molecular formula is C19H24N2O3. The topological polar surface area (TPSA) is 43.8 Å². The fourth-order valence-electron chi connectivity index (χ4n) is 3.04. The first-order chi connectivity index (χ1) is 11.6. The molecule has 2 heterocycles. The van der Waals surface area contributed by atoms with Crippen molar-refractivity contribution in [1.82, 2.24) is 9.88 Å². The first-order valence-electron chi connectivity index (χ1n) is 8.14. The number of aryl methyl sites for hydroxylation is 1. The Bertz CT molecular complexity index is 731. The van der Waals surface area contributed by atoms with Crippen LogP contribution in [0, 0.1) is 13.8 Å². The Balaban J connectivity index is 1.71. The summed E-state index contributed by atoms with van der Waals surface area (Å²) in [5, 5.41) is 0. The Morgan fingerprint density at radius 1 is 1.12 bits per heavy atom. The van der Waals surface area contributed by atoms with Crippen molar-refractivity contribution in [3.05, 3.63) is 46.8 Å². The minimum Gasteiger partial charge on any atom is -0.496 e. The Kier molecular flexibility index (Phi) is 4.90. The second-order valence-electron chi connectivity index (χ2n) is 6.20. The maximum atomic E-state index is 5.65. The van der Waals surface area contributed by atoms with E-state index in [4.69, 9.17) is 14.2 Å². The Hall–Kier alpha value is -2.27. The minimum absolute atomic E-state index is 0.610. The Labute approximate surface area is 143 Å². The molecule has 1 aliphatic rings. The van der Waals surface area contributed by atoms with Gasteiger partial charge in [-0.1, -0.05) is 6.07 Å². The predicted octanol–water partition coefficient (Wildman–Crippen LogP) is 3.11. The van der Waals surface area contributed by atoms with Crippen molar-refractivity contribution in [1.29, 1.82) is 0 Å². The third-order valence-corrected chi connectivity index (χ3v) is 4.23. The molecule has 0 amide bonds. The zero-order chi connectivity index (χ0) is 17.1. The lowest BCUT2D eigenvalue weighted by molar-refractivity contribution is 0.171. The quantitative estimate of drug-likeness (QED) is 0.844. The van der Waals surface area contributed by atoms with Crippen LogP contribution in [0.1, 0.15) is 22.4 Å². The molecule has 5 nitrogen and oxygen atoms in total. The first-order valence-corrected chi connectivity index (χ1v) is 8.14. The summed E-state index contributed by atoms with van der Waals surface area (Å²) in [6, 6.07) is 6.12. The molecule has 0 aliphatic carbocycles. The molecule has 1 aromatic carbocycles. The van der Waals surface area contributed by atoms with Gasteiger partial charge in [0.15, 0.2) is 11.5 Å². The highest BCUT2D eigenvalue weighted by atomic mass is 16.6. The Morgan fingerprint density at radius 3 is 2.62 bits per heavy atom. The number of hydrogen-bond acceptors (Lipinski definition) is 5. The van der Waals surface area contributed by atoms with E-state index in [1.165, 1.54) is 5.56 Å². The molecule has 0 bridgehead atoms. The highest BCUT2D eigenvalue weighted by molar-refractivity contribution is 5.44. The van der Waals surface area contributed by atoms with E-state index in [9.17, 15) is 0 Å². The van der Waals surface area contributed by atoms with Crippen molar-refractivity contribution < 1.29 is 14.2 Å². The summed E-state index contributed by atoms with van der Waals surface area (Å²) in [7, 11) is 3.79. The van der Waals surface area contributed by atoms with Gasteiger partial charge in [0, 0.05) is 30.4 Å². The lowest BCUT2D eigenvalue weighted by Crippen LogP contribution is -2.20. The molecule has 0 saturated heterocycles. The van der Waals surface area contributed by atoms with E-state index in [-0.39, 0.29) is 0 Å². The van der Waals surface area contributed by atoms with Crippen LogP contribution >= 0.6 is 0 Å². The van der Waals surface area contributed by atoms with E-state index in [0.29, 0.717) is 13.2 Å². The van der Waals surface area contributed by atoms with Gasteiger partial charge < -0.3 is 14.2 Å². The van der Waals surface area contributed by atoms with E-state index in [0.717, 1.165) is 47.2 Å².